The van der Waals surface area contributed by atoms with Gasteiger partial charge in [-0.05, 0) is 77.7 Å². The highest BCUT2D eigenvalue weighted by Crippen LogP contribution is 2.39. The molecular formula is C30H26ClFN2O5S. The van der Waals surface area contributed by atoms with Gasteiger partial charge in [0.1, 0.15) is 19.0 Å². The fourth-order valence-corrected chi connectivity index (χ4v) is 5.65. The average molecular weight is 581 g/mol. The molecule has 1 fully saturated rings. The molecule has 10 heteroatoms. The van der Waals surface area contributed by atoms with Crippen molar-refractivity contribution >= 4 is 46.5 Å². The maximum absolute atomic E-state index is 13.2. The van der Waals surface area contributed by atoms with Crippen molar-refractivity contribution in [2.75, 3.05) is 19.7 Å². The quantitative estimate of drug-likeness (QED) is 0.301. The fraction of sp³-hybridized carbons (Fsp3) is 0.233. The number of ether oxygens (including phenoxy) is 2. The second-order valence-corrected chi connectivity index (χ2v) is 10.7. The normalized spacial score (nSPS) is 15.9. The summed E-state index contributed by atoms with van der Waals surface area (Å²) in [7, 11) is 0. The molecule has 5 rings (SSSR count). The lowest BCUT2D eigenvalue weighted by molar-refractivity contribution is -0.136. The molecule has 0 aromatic heterocycles. The molecule has 0 bridgehead atoms. The first-order valence-corrected chi connectivity index (χ1v) is 14.0. The number of thioether (sulfide) groups is 1. The van der Waals surface area contributed by atoms with Gasteiger partial charge in [0, 0.05) is 13.1 Å². The number of amides is 3. The topological polar surface area (TPSA) is 76.2 Å². The van der Waals surface area contributed by atoms with E-state index in [1.807, 2.05) is 31.2 Å². The van der Waals surface area contributed by atoms with Crippen molar-refractivity contribution in [1.82, 2.24) is 9.80 Å². The summed E-state index contributed by atoms with van der Waals surface area (Å²) in [5.74, 6) is -0.476. The minimum Gasteiger partial charge on any atom is -0.490 e. The van der Waals surface area contributed by atoms with Crippen molar-refractivity contribution in [3.8, 4) is 11.5 Å². The van der Waals surface area contributed by atoms with E-state index in [-0.39, 0.29) is 34.8 Å². The lowest BCUT2D eigenvalue weighted by Gasteiger charge is -2.29. The van der Waals surface area contributed by atoms with Crippen LogP contribution in [0.25, 0.3) is 6.08 Å². The van der Waals surface area contributed by atoms with Crippen LogP contribution in [0.4, 0.5) is 9.18 Å². The van der Waals surface area contributed by atoms with E-state index in [0.717, 1.165) is 34.2 Å². The Morgan fingerprint density at radius 3 is 2.58 bits per heavy atom. The van der Waals surface area contributed by atoms with E-state index in [1.165, 1.54) is 17.7 Å². The average Bonchev–Trinajstić information content (AvgIpc) is 3.20. The van der Waals surface area contributed by atoms with Crippen molar-refractivity contribution < 1.29 is 28.2 Å². The molecule has 1 saturated heterocycles. The molecule has 0 aliphatic carbocycles. The van der Waals surface area contributed by atoms with Gasteiger partial charge in [-0.1, -0.05) is 48.0 Å². The van der Waals surface area contributed by atoms with Gasteiger partial charge in [0.05, 0.1) is 16.5 Å². The van der Waals surface area contributed by atoms with Crippen LogP contribution in [0.1, 0.15) is 29.2 Å². The Morgan fingerprint density at radius 2 is 1.82 bits per heavy atom. The maximum atomic E-state index is 13.2. The SMILES string of the molecule is CCOc1cc(/C=C2\SC(=O)N(CC(=O)N3CCc4ccccc4C3)C2=O)cc(Cl)c1OCc1ccc(F)cc1. The predicted octanol–water partition coefficient (Wildman–Crippen LogP) is 6.08. The molecule has 0 radical (unpaired) electrons. The molecule has 0 atom stereocenters. The van der Waals surface area contributed by atoms with Crippen LogP contribution in [0.3, 0.4) is 0 Å². The van der Waals surface area contributed by atoms with Crippen molar-refractivity contribution in [2.45, 2.75) is 26.5 Å². The van der Waals surface area contributed by atoms with Crippen molar-refractivity contribution in [2.24, 2.45) is 0 Å². The molecule has 3 amide bonds. The van der Waals surface area contributed by atoms with E-state index in [9.17, 15) is 18.8 Å². The third-order valence-corrected chi connectivity index (χ3v) is 7.76. The second-order valence-electron chi connectivity index (χ2n) is 9.28. The minimum absolute atomic E-state index is 0.148. The summed E-state index contributed by atoms with van der Waals surface area (Å²) < 4.78 is 24.8. The summed E-state index contributed by atoms with van der Waals surface area (Å²) in [4.78, 5) is 41.6. The van der Waals surface area contributed by atoms with Crippen LogP contribution in [-0.2, 0) is 29.2 Å². The lowest BCUT2D eigenvalue weighted by Crippen LogP contribution is -2.44. The first-order valence-electron chi connectivity index (χ1n) is 12.8. The molecule has 40 heavy (non-hydrogen) atoms. The standard InChI is InChI=1S/C30H26ClFN2O5S/c1-2-38-25-14-20(13-24(31)28(25)39-18-19-7-9-23(32)10-8-19)15-26-29(36)34(30(37)40-26)17-27(35)33-12-11-21-5-3-4-6-22(21)16-33/h3-10,13-15H,2,11-12,16-18H2,1H3/b26-15-. The molecule has 2 heterocycles. The molecule has 0 N–H and O–H groups in total. The van der Waals surface area contributed by atoms with Gasteiger partial charge >= 0.3 is 0 Å². The third kappa shape index (κ3) is 6.16. The molecule has 3 aromatic rings. The Kier molecular flexibility index (Phi) is 8.42. The first-order chi connectivity index (χ1) is 19.3. The highest BCUT2D eigenvalue weighted by atomic mass is 35.5. The third-order valence-electron chi connectivity index (χ3n) is 6.58. The molecule has 7 nitrogen and oxygen atoms in total. The lowest BCUT2D eigenvalue weighted by atomic mass is 10.00. The van der Waals surface area contributed by atoms with Crippen LogP contribution >= 0.6 is 23.4 Å². The number of hydrogen-bond donors (Lipinski definition) is 0. The number of carbonyl (C=O) groups excluding carboxylic acids is 3. The smallest absolute Gasteiger partial charge is 0.294 e. The van der Waals surface area contributed by atoms with Gasteiger partial charge in [-0.25, -0.2) is 4.39 Å². The number of halogens is 2. The fourth-order valence-electron chi connectivity index (χ4n) is 4.54. The molecule has 0 spiro atoms. The summed E-state index contributed by atoms with van der Waals surface area (Å²) in [5, 5.41) is -0.253. The number of fused-ring (bicyclic) bond motifs is 1. The number of imide groups is 1. The van der Waals surface area contributed by atoms with E-state index >= 15 is 0 Å². The summed E-state index contributed by atoms with van der Waals surface area (Å²) in [5.41, 5.74) is 3.56. The van der Waals surface area contributed by atoms with E-state index < -0.39 is 11.1 Å². The Bertz CT molecular complexity index is 1490. The van der Waals surface area contributed by atoms with Gasteiger partial charge in [0.15, 0.2) is 11.5 Å². The number of carbonyl (C=O) groups is 3. The van der Waals surface area contributed by atoms with Gasteiger partial charge in [-0.2, -0.15) is 0 Å². The molecule has 2 aliphatic rings. The number of rotatable bonds is 8. The summed E-state index contributed by atoms with van der Waals surface area (Å²) in [6, 6.07) is 17.1. The zero-order valence-corrected chi connectivity index (χ0v) is 23.3. The largest absolute Gasteiger partial charge is 0.490 e. The van der Waals surface area contributed by atoms with Crippen molar-refractivity contribution in [3.05, 3.63) is 98.7 Å². The Balaban J connectivity index is 1.29. The van der Waals surface area contributed by atoms with Crippen LogP contribution in [0.15, 0.2) is 65.6 Å². The number of nitrogens with zero attached hydrogens (tertiary/aromatic N) is 2. The Labute approximate surface area is 240 Å². The van der Waals surface area contributed by atoms with Crippen molar-refractivity contribution in [1.29, 1.82) is 0 Å². The van der Waals surface area contributed by atoms with Gasteiger partial charge in [0.25, 0.3) is 11.1 Å². The minimum atomic E-state index is -0.536. The van der Waals surface area contributed by atoms with Crippen LogP contribution < -0.4 is 9.47 Å². The monoisotopic (exact) mass is 580 g/mol. The van der Waals surface area contributed by atoms with Crippen LogP contribution in [0.5, 0.6) is 11.5 Å². The van der Waals surface area contributed by atoms with Crippen LogP contribution in [-0.4, -0.2) is 46.5 Å². The number of hydrogen-bond acceptors (Lipinski definition) is 6. The Morgan fingerprint density at radius 1 is 1.07 bits per heavy atom. The zero-order valence-electron chi connectivity index (χ0n) is 21.7. The van der Waals surface area contributed by atoms with Gasteiger partial charge in [-0.15, -0.1) is 0 Å². The number of benzene rings is 3. The second kappa shape index (κ2) is 12.1. The van der Waals surface area contributed by atoms with Crippen LogP contribution in [0.2, 0.25) is 5.02 Å². The first kappa shape index (κ1) is 27.7. The molecule has 0 unspecified atom stereocenters. The zero-order chi connectivity index (χ0) is 28.2. The van der Waals surface area contributed by atoms with Gasteiger partial charge < -0.3 is 14.4 Å². The van der Waals surface area contributed by atoms with Crippen molar-refractivity contribution in [3.63, 3.8) is 0 Å². The van der Waals surface area contributed by atoms with E-state index in [1.54, 1.807) is 35.2 Å². The highest BCUT2D eigenvalue weighted by molar-refractivity contribution is 8.18. The molecule has 206 valence electrons. The summed E-state index contributed by atoms with van der Waals surface area (Å²) in [6.45, 7) is 2.98. The van der Waals surface area contributed by atoms with Crippen LogP contribution in [0, 0.1) is 5.82 Å². The summed E-state index contributed by atoms with van der Waals surface area (Å²) in [6.07, 6.45) is 2.28. The highest BCUT2D eigenvalue weighted by Gasteiger charge is 2.37. The molecule has 2 aliphatic heterocycles. The van der Waals surface area contributed by atoms with E-state index in [0.29, 0.717) is 36.8 Å². The van der Waals surface area contributed by atoms with E-state index in [4.69, 9.17) is 21.1 Å². The summed E-state index contributed by atoms with van der Waals surface area (Å²) >= 11 is 7.29. The molecular weight excluding hydrogens is 555 g/mol. The predicted molar refractivity (Wildman–Crippen MR) is 152 cm³/mol. The molecule has 3 aromatic carbocycles. The van der Waals surface area contributed by atoms with E-state index in [2.05, 4.69) is 0 Å². The Hall–Kier alpha value is -3.82. The molecule has 0 saturated carbocycles. The van der Waals surface area contributed by atoms with Gasteiger partial charge in [-0.3, -0.25) is 19.3 Å². The van der Waals surface area contributed by atoms with Gasteiger partial charge in [0.2, 0.25) is 5.91 Å². The maximum Gasteiger partial charge on any atom is 0.294 e.